The first-order chi connectivity index (χ1) is 13.2. The summed E-state index contributed by atoms with van der Waals surface area (Å²) in [5.74, 6) is -1.43. The fourth-order valence-corrected chi connectivity index (χ4v) is 3.20. The quantitative estimate of drug-likeness (QED) is 0.476. The van der Waals surface area contributed by atoms with Gasteiger partial charge >= 0.3 is 11.9 Å². The van der Waals surface area contributed by atoms with E-state index < -0.39 is 48.7 Å². The van der Waals surface area contributed by atoms with Crippen LogP contribution in [0.5, 0.6) is 11.5 Å². The number of rotatable bonds is 4. The van der Waals surface area contributed by atoms with Crippen molar-refractivity contribution in [2.45, 2.75) is 57.1 Å². The highest BCUT2D eigenvalue weighted by molar-refractivity contribution is 5.96. The number of fused-ring (bicyclic) bond motifs is 1. The van der Waals surface area contributed by atoms with Crippen LogP contribution in [0, 0.1) is 0 Å². The lowest BCUT2D eigenvalue weighted by Crippen LogP contribution is -2.60. The zero-order chi connectivity index (χ0) is 20.6. The molecule has 0 radical (unpaired) electrons. The predicted octanol–water partition coefficient (Wildman–Crippen LogP) is -0.757. The van der Waals surface area contributed by atoms with Gasteiger partial charge in [0.25, 0.3) is 0 Å². The van der Waals surface area contributed by atoms with Crippen molar-refractivity contribution < 1.29 is 49.0 Å². The van der Waals surface area contributed by atoms with Gasteiger partial charge in [-0.05, 0) is 19.1 Å². The molecule has 0 bridgehead atoms. The van der Waals surface area contributed by atoms with E-state index >= 15 is 0 Å². The van der Waals surface area contributed by atoms with E-state index in [1.165, 1.54) is 19.1 Å². The van der Waals surface area contributed by atoms with Gasteiger partial charge in [0.05, 0.1) is 0 Å². The molecule has 1 saturated heterocycles. The van der Waals surface area contributed by atoms with E-state index in [2.05, 4.69) is 0 Å². The molecule has 154 valence electrons. The van der Waals surface area contributed by atoms with Crippen molar-refractivity contribution in [2.75, 3.05) is 6.61 Å². The number of phenols is 1. The number of hydrogen-bond donors (Lipinski definition) is 4. The molecule has 0 saturated carbocycles. The van der Waals surface area contributed by atoms with Crippen LogP contribution in [0.4, 0.5) is 0 Å². The first kappa shape index (κ1) is 20.3. The summed E-state index contributed by atoms with van der Waals surface area (Å²) in [6.45, 7) is 2.50. The number of carbonyl (C=O) groups excluding carboxylic acids is 2. The average Bonchev–Trinajstić information content (AvgIpc) is 2.62. The Bertz CT molecular complexity index is 763. The summed E-state index contributed by atoms with van der Waals surface area (Å²) in [7, 11) is 0. The molecule has 0 aliphatic carbocycles. The third kappa shape index (κ3) is 3.90. The number of benzene rings is 1. The Morgan fingerprint density at radius 2 is 1.93 bits per heavy atom. The summed E-state index contributed by atoms with van der Waals surface area (Å²) in [6.07, 6.45) is -7.47. The van der Waals surface area contributed by atoms with Gasteiger partial charge in [0.15, 0.2) is 0 Å². The van der Waals surface area contributed by atoms with Crippen molar-refractivity contribution >= 4 is 11.9 Å². The zero-order valence-corrected chi connectivity index (χ0v) is 15.3. The van der Waals surface area contributed by atoms with E-state index in [9.17, 15) is 30.0 Å². The molecule has 1 fully saturated rings. The van der Waals surface area contributed by atoms with Gasteiger partial charge in [0.1, 0.15) is 54.2 Å². The van der Waals surface area contributed by atoms with Gasteiger partial charge in [-0.1, -0.05) is 0 Å². The number of aromatic hydroxyl groups is 1. The van der Waals surface area contributed by atoms with Crippen LogP contribution in [0.1, 0.15) is 29.8 Å². The number of hydrogen-bond acceptors (Lipinski definition) is 10. The van der Waals surface area contributed by atoms with Crippen molar-refractivity contribution in [3.8, 4) is 11.5 Å². The molecule has 4 N–H and O–H groups in total. The fraction of sp³-hybridized carbons (Fsp3) is 0.556. The second-order valence-electron chi connectivity index (χ2n) is 6.79. The van der Waals surface area contributed by atoms with Crippen molar-refractivity contribution in [1.29, 1.82) is 0 Å². The van der Waals surface area contributed by atoms with E-state index in [0.29, 0.717) is 5.56 Å². The minimum absolute atomic E-state index is 0.0436. The molecule has 6 unspecified atom stereocenters. The average molecular weight is 398 g/mol. The Kier molecular flexibility index (Phi) is 5.75. The lowest BCUT2D eigenvalue weighted by molar-refractivity contribution is -0.278. The highest BCUT2D eigenvalue weighted by atomic mass is 16.7. The summed E-state index contributed by atoms with van der Waals surface area (Å²) < 4.78 is 21.1. The first-order valence-corrected chi connectivity index (χ1v) is 8.74. The molecule has 1 aromatic rings. The Labute approximate surface area is 160 Å². The van der Waals surface area contributed by atoms with E-state index in [4.69, 9.17) is 18.9 Å². The van der Waals surface area contributed by atoms with E-state index in [-0.39, 0.29) is 30.1 Å². The molecule has 10 nitrogen and oxygen atoms in total. The van der Waals surface area contributed by atoms with Gasteiger partial charge in [0.2, 0.25) is 6.29 Å². The molecule has 2 aliphatic heterocycles. The highest BCUT2D eigenvalue weighted by Crippen LogP contribution is 2.36. The van der Waals surface area contributed by atoms with Gasteiger partial charge in [-0.3, -0.25) is 4.79 Å². The number of phenolic OH excluding ortho intramolecular Hbond substituents is 1. The summed E-state index contributed by atoms with van der Waals surface area (Å²) in [4.78, 5) is 23.1. The van der Waals surface area contributed by atoms with E-state index in [1.54, 1.807) is 6.92 Å². The Balaban J connectivity index is 1.85. The molecule has 3 rings (SSSR count). The van der Waals surface area contributed by atoms with Crippen LogP contribution in [-0.2, 0) is 25.4 Å². The molecule has 1 aromatic carbocycles. The summed E-state index contributed by atoms with van der Waals surface area (Å²) >= 11 is 0. The molecular weight excluding hydrogens is 376 g/mol. The molecule has 0 amide bonds. The van der Waals surface area contributed by atoms with Crippen LogP contribution in [0.2, 0.25) is 0 Å². The summed E-state index contributed by atoms with van der Waals surface area (Å²) in [5, 5.41) is 40.3. The number of esters is 2. The van der Waals surface area contributed by atoms with Crippen LogP contribution in [0.25, 0.3) is 0 Å². The van der Waals surface area contributed by atoms with Gasteiger partial charge < -0.3 is 39.4 Å². The molecule has 28 heavy (non-hydrogen) atoms. The lowest BCUT2D eigenvalue weighted by Gasteiger charge is -2.40. The lowest BCUT2D eigenvalue weighted by atomic mass is 9.96. The maximum atomic E-state index is 12.1. The molecular formula is C18H22O10. The van der Waals surface area contributed by atoms with E-state index in [0.717, 1.165) is 0 Å². The second-order valence-corrected chi connectivity index (χ2v) is 6.79. The van der Waals surface area contributed by atoms with Crippen molar-refractivity contribution in [3.63, 3.8) is 0 Å². The molecule has 10 heteroatoms. The molecule has 2 heterocycles. The Morgan fingerprint density at radius 1 is 1.21 bits per heavy atom. The van der Waals surface area contributed by atoms with Crippen LogP contribution in [0.15, 0.2) is 12.1 Å². The van der Waals surface area contributed by atoms with Crippen molar-refractivity contribution in [2.24, 2.45) is 0 Å². The highest BCUT2D eigenvalue weighted by Gasteiger charge is 2.46. The molecule has 2 aliphatic rings. The van der Waals surface area contributed by atoms with Gasteiger partial charge in [0, 0.05) is 18.9 Å². The van der Waals surface area contributed by atoms with Crippen molar-refractivity contribution in [1.82, 2.24) is 0 Å². The maximum Gasteiger partial charge on any atom is 0.342 e. The number of aliphatic hydroxyl groups is 3. The van der Waals surface area contributed by atoms with Crippen LogP contribution in [0.3, 0.4) is 0 Å². The standard InChI is InChI=1S/C18H22O10/c1-7-5-9-11(4-3-10(20)13(9)17(24)26-7)27-18-16(23)15(22)14(21)12(28-18)6-25-8(2)19/h3-4,7,12,14-16,18,20-23H,5-6H2,1-2H3. The largest absolute Gasteiger partial charge is 0.507 e. The monoisotopic (exact) mass is 398 g/mol. The third-order valence-electron chi connectivity index (χ3n) is 4.61. The fourth-order valence-electron chi connectivity index (χ4n) is 3.20. The number of aliphatic hydroxyl groups excluding tert-OH is 3. The molecule has 0 aromatic heterocycles. The summed E-state index contributed by atoms with van der Waals surface area (Å²) in [6, 6.07) is 2.64. The Morgan fingerprint density at radius 3 is 2.61 bits per heavy atom. The number of carbonyl (C=O) groups is 2. The van der Waals surface area contributed by atoms with Gasteiger partial charge in [-0.15, -0.1) is 0 Å². The minimum atomic E-state index is -1.61. The van der Waals surface area contributed by atoms with Gasteiger partial charge in [-0.2, -0.15) is 0 Å². The topological polar surface area (TPSA) is 152 Å². The van der Waals surface area contributed by atoms with E-state index in [1.807, 2.05) is 0 Å². The molecule has 6 atom stereocenters. The molecule has 0 spiro atoms. The van der Waals surface area contributed by atoms with Crippen LogP contribution in [-0.4, -0.2) is 75.8 Å². The van der Waals surface area contributed by atoms with Crippen LogP contribution >= 0.6 is 0 Å². The Hall–Kier alpha value is -2.40. The smallest absolute Gasteiger partial charge is 0.342 e. The summed E-state index contributed by atoms with van der Waals surface area (Å²) in [5.41, 5.74) is 0.328. The first-order valence-electron chi connectivity index (χ1n) is 8.74. The minimum Gasteiger partial charge on any atom is -0.507 e. The predicted molar refractivity (Wildman–Crippen MR) is 90.6 cm³/mol. The third-order valence-corrected chi connectivity index (χ3v) is 4.61. The second kappa shape index (κ2) is 7.92. The van der Waals surface area contributed by atoms with Crippen molar-refractivity contribution in [3.05, 3.63) is 23.3 Å². The number of cyclic esters (lactones) is 1. The number of ether oxygens (including phenoxy) is 4. The SMILES string of the molecule is CC(=O)OCC1OC(Oc2ccc(O)c3c2CC(C)OC3=O)C(O)C(O)C1O. The van der Waals surface area contributed by atoms with Crippen LogP contribution < -0.4 is 4.74 Å². The normalized spacial score (nSPS) is 32.2. The maximum absolute atomic E-state index is 12.1. The van der Waals surface area contributed by atoms with Gasteiger partial charge in [-0.25, -0.2) is 4.79 Å². The zero-order valence-electron chi connectivity index (χ0n) is 15.3.